The molecular formula is C23H23F3N2O4S. The lowest BCUT2D eigenvalue weighted by molar-refractivity contribution is -0.156. The molecule has 1 unspecified atom stereocenters. The Bertz CT molecular complexity index is 1050. The fraction of sp³-hybridized carbons (Fsp3) is 0.348. The van der Waals surface area contributed by atoms with Crippen molar-refractivity contribution >= 4 is 17.3 Å². The Labute approximate surface area is 193 Å². The summed E-state index contributed by atoms with van der Waals surface area (Å²) in [7, 11) is 0. The fourth-order valence-electron chi connectivity index (χ4n) is 2.95. The molecular weight excluding hydrogens is 457 g/mol. The zero-order valence-corrected chi connectivity index (χ0v) is 18.9. The normalized spacial score (nSPS) is 12.4. The van der Waals surface area contributed by atoms with Crippen LogP contribution in [0, 0.1) is 0 Å². The van der Waals surface area contributed by atoms with Crippen LogP contribution in [0.15, 0.2) is 48.7 Å². The average molecular weight is 481 g/mol. The van der Waals surface area contributed by atoms with Crippen LogP contribution in [-0.4, -0.2) is 35.3 Å². The highest BCUT2D eigenvalue weighted by Crippen LogP contribution is 2.31. The van der Waals surface area contributed by atoms with Crippen molar-refractivity contribution in [3.63, 3.8) is 0 Å². The molecule has 0 saturated heterocycles. The number of esters is 1. The second-order valence-electron chi connectivity index (χ2n) is 6.86. The fourth-order valence-corrected chi connectivity index (χ4v) is 3.81. The topological polar surface area (TPSA) is 70.5 Å². The molecule has 6 nitrogen and oxygen atoms in total. The molecule has 0 amide bonds. The number of halogens is 3. The summed E-state index contributed by atoms with van der Waals surface area (Å²) in [6.07, 6.45) is -3.70. The van der Waals surface area contributed by atoms with Crippen molar-refractivity contribution in [2.24, 2.45) is 0 Å². The van der Waals surface area contributed by atoms with Gasteiger partial charge in [-0.25, -0.2) is 14.8 Å². The van der Waals surface area contributed by atoms with Crippen molar-refractivity contribution in [1.29, 1.82) is 0 Å². The van der Waals surface area contributed by atoms with Crippen molar-refractivity contribution < 1.29 is 32.2 Å². The van der Waals surface area contributed by atoms with Crippen LogP contribution in [0.2, 0.25) is 0 Å². The van der Waals surface area contributed by atoms with Crippen LogP contribution in [-0.2, 0) is 33.5 Å². The van der Waals surface area contributed by atoms with E-state index in [1.165, 1.54) is 11.3 Å². The van der Waals surface area contributed by atoms with Crippen molar-refractivity contribution in [3.05, 3.63) is 64.8 Å². The van der Waals surface area contributed by atoms with E-state index < -0.39 is 23.9 Å². The molecule has 3 aromatic rings. The maximum Gasteiger partial charge on any atom is 0.433 e. The number of alkyl halides is 3. The quantitative estimate of drug-likeness (QED) is 0.366. The number of carbonyl (C=O) groups excluding carboxylic acids is 1. The van der Waals surface area contributed by atoms with Crippen LogP contribution < -0.4 is 4.74 Å². The van der Waals surface area contributed by atoms with Gasteiger partial charge in [0.1, 0.15) is 18.1 Å². The van der Waals surface area contributed by atoms with E-state index in [-0.39, 0.29) is 12.4 Å². The number of hydrogen-bond acceptors (Lipinski definition) is 7. The van der Waals surface area contributed by atoms with Gasteiger partial charge in [-0.05, 0) is 49.7 Å². The molecule has 1 aromatic carbocycles. The summed E-state index contributed by atoms with van der Waals surface area (Å²) in [6, 6.07) is 11.5. The first-order chi connectivity index (χ1) is 15.8. The first kappa shape index (κ1) is 24.7. The number of aromatic nitrogens is 2. The third-order valence-electron chi connectivity index (χ3n) is 4.47. The van der Waals surface area contributed by atoms with E-state index >= 15 is 0 Å². The predicted molar refractivity (Wildman–Crippen MR) is 117 cm³/mol. The summed E-state index contributed by atoms with van der Waals surface area (Å²) in [4.78, 5) is 20.9. The van der Waals surface area contributed by atoms with E-state index in [4.69, 9.17) is 14.2 Å². The van der Waals surface area contributed by atoms with Gasteiger partial charge in [0.15, 0.2) is 11.9 Å². The number of ether oxygens (including phenoxy) is 3. The summed E-state index contributed by atoms with van der Waals surface area (Å²) in [5, 5.41) is 0. The minimum atomic E-state index is -4.52. The Morgan fingerprint density at radius 3 is 2.48 bits per heavy atom. The predicted octanol–water partition coefficient (Wildman–Crippen LogP) is 5.31. The Morgan fingerprint density at radius 2 is 1.82 bits per heavy atom. The number of benzene rings is 1. The SMILES string of the molecule is CCOC(=O)C(Cc1ccc(OCc2ccc(-c3nccc(C(F)(F)F)n3)s2)cc1)OCC. The lowest BCUT2D eigenvalue weighted by atomic mass is 10.1. The lowest BCUT2D eigenvalue weighted by Gasteiger charge is -2.15. The molecule has 0 fully saturated rings. The molecule has 10 heteroatoms. The summed E-state index contributed by atoms with van der Waals surface area (Å²) >= 11 is 1.26. The minimum absolute atomic E-state index is 0.0240. The standard InChI is InChI=1S/C23H23F3N2O4S/c1-3-30-18(22(29)31-4-2)13-15-5-7-16(8-6-15)32-14-17-9-10-19(33-17)21-27-12-11-20(28-21)23(24,25)26/h5-12,18H,3-4,13-14H2,1-2H3. The second kappa shape index (κ2) is 11.2. The average Bonchev–Trinajstić information content (AvgIpc) is 3.27. The van der Waals surface area contributed by atoms with E-state index in [1.54, 1.807) is 31.2 Å². The van der Waals surface area contributed by atoms with E-state index in [2.05, 4.69) is 9.97 Å². The maximum atomic E-state index is 12.9. The van der Waals surface area contributed by atoms with Gasteiger partial charge in [-0.3, -0.25) is 0 Å². The molecule has 0 aliphatic carbocycles. The largest absolute Gasteiger partial charge is 0.488 e. The van der Waals surface area contributed by atoms with Gasteiger partial charge in [0, 0.05) is 24.1 Å². The van der Waals surface area contributed by atoms with E-state index in [0.29, 0.717) is 30.3 Å². The van der Waals surface area contributed by atoms with Gasteiger partial charge in [0.2, 0.25) is 0 Å². The van der Waals surface area contributed by atoms with E-state index in [9.17, 15) is 18.0 Å². The summed E-state index contributed by atoms with van der Waals surface area (Å²) in [6.45, 7) is 4.50. The van der Waals surface area contributed by atoms with Crippen LogP contribution in [0.25, 0.3) is 10.7 Å². The highest BCUT2D eigenvalue weighted by Gasteiger charge is 2.33. The maximum absolute atomic E-state index is 12.9. The molecule has 1 atom stereocenters. The van der Waals surface area contributed by atoms with Crippen molar-refractivity contribution in [1.82, 2.24) is 9.97 Å². The van der Waals surface area contributed by atoms with Crippen LogP contribution in [0.5, 0.6) is 5.75 Å². The molecule has 33 heavy (non-hydrogen) atoms. The molecule has 0 aliphatic heterocycles. The molecule has 0 N–H and O–H groups in total. The Kier molecular flexibility index (Phi) is 8.40. The van der Waals surface area contributed by atoms with Crippen molar-refractivity contribution in [2.45, 2.75) is 39.2 Å². The van der Waals surface area contributed by atoms with Gasteiger partial charge < -0.3 is 14.2 Å². The van der Waals surface area contributed by atoms with Crippen molar-refractivity contribution in [2.75, 3.05) is 13.2 Å². The minimum Gasteiger partial charge on any atom is -0.488 e. The highest BCUT2D eigenvalue weighted by molar-refractivity contribution is 7.15. The first-order valence-corrected chi connectivity index (χ1v) is 11.1. The zero-order chi connectivity index (χ0) is 23.8. The molecule has 0 spiro atoms. The smallest absolute Gasteiger partial charge is 0.433 e. The number of nitrogens with zero attached hydrogens (tertiary/aromatic N) is 2. The number of carbonyl (C=O) groups is 1. The molecule has 3 rings (SSSR count). The van der Waals surface area contributed by atoms with E-state index in [1.807, 2.05) is 19.1 Å². The number of rotatable bonds is 10. The zero-order valence-electron chi connectivity index (χ0n) is 18.1. The van der Waals surface area contributed by atoms with E-state index in [0.717, 1.165) is 22.7 Å². The molecule has 0 saturated carbocycles. The van der Waals surface area contributed by atoms with Gasteiger partial charge in [-0.1, -0.05) is 12.1 Å². The van der Waals surface area contributed by atoms with Crippen LogP contribution in [0.3, 0.4) is 0 Å². The molecule has 176 valence electrons. The van der Waals surface area contributed by atoms with Gasteiger partial charge in [-0.15, -0.1) is 11.3 Å². The van der Waals surface area contributed by atoms with Gasteiger partial charge in [0.25, 0.3) is 0 Å². The van der Waals surface area contributed by atoms with Crippen LogP contribution in [0.4, 0.5) is 13.2 Å². The Morgan fingerprint density at radius 1 is 1.06 bits per heavy atom. The molecule has 0 bridgehead atoms. The lowest BCUT2D eigenvalue weighted by Crippen LogP contribution is -2.28. The highest BCUT2D eigenvalue weighted by atomic mass is 32.1. The summed E-state index contributed by atoms with van der Waals surface area (Å²) in [5.41, 5.74) is -0.0812. The Hall–Kier alpha value is -2.98. The van der Waals surface area contributed by atoms with Gasteiger partial charge >= 0.3 is 12.1 Å². The van der Waals surface area contributed by atoms with Crippen molar-refractivity contribution in [3.8, 4) is 16.5 Å². The number of thiophene rings is 1. The first-order valence-electron chi connectivity index (χ1n) is 10.3. The molecule has 0 aliphatic rings. The summed E-state index contributed by atoms with van der Waals surface area (Å²) < 4.78 is 54.9. The molecule has 2 heterocycles. The third-order valence-corrected chi connectivity index (χ3v) is 5.53. The third kappa shape index (κ3) is 7.00. The van der Waals surface area contributed by atoms with Crippen LogP contribution >= 0.6 is 11.3 Å². The number of hydrogen-bond donors (Lipinski definition) is 0. The molecule has 2 aromatic heterocycles. The van der Waals surface area contributed by atoms with Crippen LogP contribution in [0.1, 0.15) is 30.0 Å². The molecule has 0 radical (unpaired) electrons. The Balaban J connectivity index is 1.59. The summed E-state index contributed by atoms with van der Waals surface area (Å²) in [5.74, 6) is 0.252. The van der Waals surface area contributed by atoms with Gasteiger partial charge in [-0.2, -0.15) is 13.2 Å². The monoisotopic (exact) mass is 480 g/mol. The van der Waals surface area contributed by atoms with Gasteiger partial charge in [0.05, 0.1) is 11.5 Å². The second-order valence-corrected chi connectivity index (χ2v) is 8.03.